The molecule has 12 heteroatoms. The van der Waals surface area contributed by atoms with Gasteiger partial charge in [-0.1, -0.05) is 15.9 Å². The Hall–Kier alpha value is -2.47. The van der Waals surface area contributed by atoms with Crippen LogP contribution in [0.1, 0.15) is 0 Å². The van der Waals surface area contributed by atoms with Gasteiger partial charge in [-0.3, -0.25) is 10.1 Å². The van der Waals surface area contributed by atoms with Crippen LogP contribution in [0.4, 0.5) is 34.6 Å². The van der Waals surface area contributed by atoms with Gasteiger partial charge in [-0.05, 0) is 36.5 Å². The minimum absolute atomic E-state index is 0.0548. The Bertz CT molecular complexity index is 869. The second-order valence-electron chi connectivity index (χ2n) is 5.41. The van der Waals surface area contributed by atoms with Crippen LogP contribution >= 0.6 is 28.1 Å². The van der Waals surface area contributed by atoms with Crippen molar-refractivity contribution in [1.29, 1.82) is 0 Å². The molecule has 0 spiro atoms. The highest BCUT2D eigenvalue weighted by atomic mass is 79.9. The van der Waals surface area contributed by atoms with E-state index in [0.29, 0.717) is 5.69 Å². The van der Waals surface area contributed by atoms with Crippen molar-refractivity contribution >= 4 is 50.3 Å². The number of nitrogens with one attached hydrogen (secondary N) is 2. The average molecular weight is 482 g/mol. The summed E-state index contributed by atoms with van der Waals surface area (Å²) < 4.78 is 56.0. The average Bonchev–Trinajstić information content (AvgIpc) is 2.61. The summed E-state index contributed by atoms with van der Waals surface area (Å²) >= 11 is 8.38. The second kappa shape index (κ2) is 9.15. The SMILES string of the molecule is O=[N+]([O-])c1cc(NC(=S)Nc2ccc(Br)cc2)cc(OCC(F)(F)C(F)F)c1. The highest BCUT2D eigenvalue weighted by molar-refractivity contribution is 9.10. The fraction of sp³-hybridized carbons (Fsp3) is 0.188. The van der Waals surface area contributed by atoms with Crippen molar-refractivity contribution in [2.75, 3.05) is 17.2 Å². The van der Waals surface area contributed by atoms with Crippen LogP contribution in [0.5, 0.6) is 5.75 Å². The van der Waals surface area contributed by atoms with Crippen LogP contribution in [0.2, 0.25) is 0 Å². The van der Waals surface area contributed by atoms with E-state index < -0.39 is 29.6 Å². The van der Waals surface area contributed by atoms with Crippen molar-refractivity contribution < 1.29 is 27.2 Å². The molecular weight excluding hydrogens is 470 g/mol. The van der Waals surface area contributed by atoms with Gasteiger partial charge in [0.2, 0.25) is 0 Å². The third-order valence-corrected chi connectivity index (χ3v) is 3.95. The lowest BCUT2D eigenvalue weighted by Gasteiger charge is -2.17. The largest absolute Gasteiger partial charge is 0.487 e. The highest BCUT2D eigenvalue weighted by Crippen LogP contribution is 2.29. The maximum absolute atomic E-state index is 13.0. The van der Waals surface area contributed by atoms with Gasteiger partial charge in [0.1, 0.15) is 5.75 Å². The van der Waals surface area contributed by atoms with Crippen LogP contribution in [-0.4, -0.2) is 29.0 Å². The molecule has 0 fully saturated rings. The van der Waals surface area contributed by atoms with Gasteiger partial charge in [0.15, 0.2) is 11.7 Å². The van der Waals surface area contributed by atoms with Crippen LogP contribution in [-0.2, 0) is 0 Å². The van der Waals surface area contributed by atoms with Crippen molar-refractivity contribution in [2.24, 2.45) is 0 Å². The molecule has 150 valence electrons. The van der Waals surface area contributed by atoms with Crippen molar-refractivity contribution in [1.82, 2.24) is 0 Å². The molecule has 0 atom stereocenters. The molecule has 2 aromatic rings. The van der Waals surface area contributed by atoms with Gasteiger partial charge in [-0.2, -0.15) is 8.78 Å². The zero-order chi connectivity index (χ0) is 20.9. The Morgan fingerprint density at radius 3 is 2.36 bits per heavy atom. The van der Waals surface area contributed by atoms with E-state index in [1.807, 2.05) is 0 Å². The molecule has 0 bridgehead atoms. The van der Waals surface area contributed by atoms with Gasteiger partial charge in [-0.25, -0.2) is 8.78 Å². The fourth-order valence-electron chi connectivity index (χ4n) is 1.91. The van der Waals surface area contributed by atoms with Gasteiger partial charge in [0, 0.05) is 22.3 Å². The summed E-state index contributed by atoms with van der Waals surface area (Å²) in [6.07, 6.45) is -3.92. The lowest BCUT2D eigenvalue weighted by atomic mass is 10.2. The van der Waals surface area contributed by atoms with E-state index in [1.165, 1.54) is 0 Å². The van der Waals surface area contributed by atoms with Crippen LogP contribution in [0, 0.1) is 10.1 Å². The van der Waals surface area contributed by atoms with Crippen molar-refractivity contribution in [3.8, 4) is 5.75 Å². The lowest BCUT2D eigenvalue weighted by Crippen LogP contribution is -2.33. The number of non-ortho nitro benzene ring substituents is 1. The Balaban J connectivity index is 2.14. The molecule has 0 saturated carbocycles. The number of nitro groups is 1. The summed E-state index contributed by atoms with van der Waals surface area (Å²) in [5.74, 6) is -4.78. The molecule has 0 amide bonds. The summed E-state index contributed by atoms with van der Waals surface area (Å²) in [5.41, 5.74) is 0.185. The maximum atomic E-state index is 13.0. The number of nitrogens with zero attached hydrogens (tertiary/aromatic N) is 1. The smallest absolute Gasteiger partial charge is 0.340 e. The number of anilines is 2. The quantitative estimate of drug-likeness (QED) is 0.237. The molecule has 0 heterocycles. The zero-order valence-electron chi connectivity index (χ0n) is 13.8. The third-order valence-electron chi connectivity index (χ3n) is 3.21. The Morgan fingerprint density at radius 1 is 1.18 bits per heavy atom. The van der Waals surface area contributed by atoms with Gasteiger partial charge in [-0.15, -0.1) is 0 Å². The maximum Gasteiger partial charge on any atom is 0.340 e. The molecule has 2 aromatic carbocycles. The van der Waals surface area contributed by atoms with Gasteiger partial charge in [0.05, 0.1) is 16.7 Å². The normalized spacial score (nSPS) is 11.2. The number of hydrogen-bond donors (Lipinski definition) is 2. The van der Waals surface area contributed by atoms with E-state index in [4.69, 9.17) is 12.2 Å². The summed E-state index contributed by atoms with van der Waals surface area (Å²) in [5, 5.41) is 16.6. The molecule has 0 aliphatic rings. The molecule has 0 radical (unpaired) electrons. The monoisotopic (exact) mass is 481 g/mol. The number of hydrogen-bond acceptors (Lipinski definition) is 4. The molecule has 0 aliphatic carbocycles. The van der Waals surface area contributed by atoms with Gasteiger partial charge in [0.25, 0.3) is 5.69 Å². The summed E-state index contributed by atoms with van der Waals surface area (Å²) in [6, 6.07) is 10.0. The van der Waals surface area contributed by atoms with E-state index in [0.717, 1.165) is 22.7 Å². The zero-order valence-corrected chi connectivity index (χ0v) is 16.2. The molecule has 2 rings (SSSR count). The molecule has 0 aliphatic heterocycles. The summed E-state index contributed by atoms with van der Waals surface area (Å²) in [4.78, 5) is 10.2. The van der Waals surface area contributed by atoms with E-state index in [2.05, 4.69) is 31.3 Å². The first-order valence-electron chi connectivity index (χ1n) is 7.48. The summed E-state index contributed by atoms with van der Waals surface area (Å²) in [7, 11) is 0. The molecule has 2 N–H and O–H groups in total. The van der Waals surface area contributed by atoms with Gasteiger partial charge < -0.3 is 15.4 Å². The van der Waals surface area contributed by atoms with Crippen LogP contribution in [0.3, 0.4) is 0 Å². The molecule has 28 heavy (non-hydrogen) atoms. The topological polar surface area (TPSA) is 76.4 Å². The number of benzene rings is 2. The van der Waals surface area contributed by atoms with Crippen molar-refractivity contribution in [2.45, 2.75) is 12.3 Å². The Labute approximate surface area is 170 Å². The summed E-state index contributed by atoms with van der Waals surface area (Å²) in [6.45, 7) is -1.63. The Kier molecular flexibility index (Phi) is 7.13. The number of thiocarbonyl (C=S) groups is 1. The second-order valence-corrected chi connectivity index (χ2v) is 6.73. The molecule has 6 nitrogen and oxygen atoms in total. The predicted octanol–water partition coefficient (Wildman–Crippen LogP) is 5.45. The number of nitro benzene ring substituents is 1. The molecular formula is C16H12BrF4N3O3S. The standard InChI is InChI=1S/C16H12BrF4N3O3S/c17-9-1-3-10(4-2-9)22-15(28)23-11-5-12(24(25)26)7-13(6-11)27-8-16(20,21)14(18)19/h1-7,14H,8H2,(H2,22,23,28). The van der Waals surface area contributed by atoms with E-state index in [1.54, 1.807) is 24.3 Å². The minimum Gasteiger partial charge on any atom is -0.487 e. The highest BCUT2D eigenvalue weighted by Gasteiger charge is 2.41. The fourth-order valence-corrected chi connectivity index (χ4v) is 2.41. The van der Waals surface area contributed by atoms with Crippen molar-refractivity contribution in [3.63, 3.8) is 0 Å². The first-order chi connectivity index (χ1) is 13.1. The molecule has 0 unspecified atom stereocenters. The minimum atomic E-state index is -4.39. The van der Waals surface area contributed by atoms with Crippen LogP contribution in [0.15, 0.2) is 46.9 Å². The number of alkyl halides is 4. The Morgan fingerprint density at radius 2 is 1.79 bits per heavy atom. The molecule has 0 aromatic heterocycles. The first kappa shape index (κ1) is 21.8. The van der Waals surface area contributed by atoms with E-state index >= 15 is 0 Å². The molecule has 0 saturated heterocycles. The van der Waals surface area contributed by atoms with Crippen LogP contribution in [0.25, 0.3) is 0 Å². The van der Waals surface area contributed by atoms with Gasteiger partial charge >= 0.3 is 12.3 Å². The first-order valence-corrected chi connectivity index (χ1v) is 8.69. The van der Waals surface area contributed by atoms with E-state index in [9.17, 15) is 27.7 Å². The van der Waals surface area contributed by atoms with Crippen molar-refractivity contribution in [3.05, 3.63) is 57.1 Å². The third kappa shape index (κ3) is 6.30. The predicted molar refractivity (Wildman–Crippen MR) is 104 cm³/mol. The lowest BCUT2D eigenvalue weighted by molar-refractivity contribution is -0.384. The number of rotatable bonds is 7. The number of halogens is 5. The van der Waals surface area contributed by atoms with E-state index in [-0.39, 0.29) is 16.5 Å². The van der Waals surface area contributed by atoms with Crippen LogP contribution < -0.4 is 15.4 Å². The number of ether oxygens (including phenoxy) is 1.